The highest BCUT2D eigenvalue weighted by atomic mass is 32.2. The number of thiophene rings is 1. The lowest BCUT2D eigenvalue weighted by molar-refractivity contribution is 0.102. The first-order valence-electron chi connectivity index (χ1n) is 13.5. The van der Waals surface area contributed by atoms with Crippen LogP contribution in [0.15, 0.2) is 53.4 Å². The van der Waals surface area contributed by atoms with Crippen LogP contribution in [0.2, 0.25) is 0 Å². The van der Waals surface area contributed by atoms with Gasteiger partial charge in [0.1, 0.15) is 10.0 Å². The second kappa shape index (κ2) is 10.7. The fourth-order valence-corrected chi connectivity index (χ4v) is 9.81. The van der Waals surface area contributed by atoms with E-state index in [1.807, 2.05) is 25.1 Å². The molecule has 1 amide bonds. The summed E-state index contributed by atoms with van der Waals surface area (Å²) in [4.78, 5) is 22.1. The fraction of sp³-hybridized carbons (Fsp3) is 0.379. The topological polar surface area (TPSA) is 82.6 Å². The molecule has 4 aromatic rings. The van der Waals surface area contributed by atoms with E-state index in [1.165, 1.54) is 10.4 Å². The van der Waals surface area contributed by atoms with Gasteiger partial charge in [-0.2, -0.15) is 4.31 Å². The summed E-state index contributed by atoms with van der Waals surface area (Å²) < 4.78 is 29.5. The van der Waals surface area contributed by atoms with Gasteiger partial charge in [0.05, 0.1) is 15.1 Å². The Kier molecular flexibility index (Phi) is 7.32. The number of thiazole rings is 1. The van der Waals surface area contributed by atoms with E-state index in [0.29, 0.717) is 12.1 Å². The van der Waals surface area contributed by atoms with Crippen molar-refractivity contribution >= 4 is 53.8 Å². The summed E-state index contributed by atoms with van der Waals surface area (Å²) >= 11 is 3.26. The quantitative estimate of drug-likeness (QED) is 0.293. The van der Waals surface area contributed by atoms with Crippen molar-refractivity contribution in [1.82, 2.24) is 14.2 Å². The van der Waals surface area contributed by atoms with Crippen LogP contribution < -0.4 is 5.32 Å². The molecule has 204 valence electrons. The molecule has 2 aliphatic rings. The Morgan fingerprint density at radius 3 is 2.64 bits per heavy atom. The van der Waals surface area contributed by atoms with Crippen molar-refractivity contribution in [3.05, 3.63) is 64.5 Å². The Labute approximate surface area is 237 Å². The first-order valence-corrected chi connectivity index (χ1v) is 16.5. The van der Waals surface area contributed by atoms with E-state index in [2.05, 4.69) is 23.3 Å². The fourth-order valence-electron chi connectivity index (χ4n) is 5.61. The third kappa shape index (κ3) is 5.04. The van der Waals surface area contributed by atoms with Crippen molar-refractivity contribution in [3.8, 4) is 10.6 Å². The maximum atomic E-state index is 13.4. The molecule has 0 saturated carbocycles. The Morgan fingerprint density at radius 1 is 1.08 bits per heavy atom. The highest BCUT2D eigenvalue weighted by Crippen LogP contribution is 2.45. The summed E-state index contributed by atoms with van der Waals surface area (Å²) in [5, 5.41) is 4.87. The first-order chi connectivity index (χ1) is 18.8. The van der Waals surface area contributed by atoms with Gasteiger partial charge < -0.3 is 10.2 Å². The molecule has 0 bridgehead atoms. The number of piperidine rings is 1. The summed E-state index contributed by atoms with van der Waals surface area (Å²) in [6.07, 6.45) is 4.55. The molecule has 0 radical (unpaired) electrons. The Balaban J connectivity index is 1.29. The summed E-state index contributed by atoms with van der Waals surface area (Å²) in [7, 11) is -1.48. The average molecular weight is 581 g/mol. The number of benzene rings is 2. The molecule has 1 atom stereocenters. The second-order valence-electron chi connectivity index (χ2n) is 10.3. The third-order valence-corrected chi connectivity index (χ3v) is 11.9. The van der Waals surface area contributed by atoms with E-state index in [4.69, 9.17) is 4.98 Å². The number of carbonyl (C=O) groups is 1. The average Bonchev–Trinajstić information content (AvgIpc) is 3.53. The summed E-state index contributed by atoms with van der Waals surface area (Å²) in [6, 6.07) is 14.5. The van der Waals surface area contributed by atoms with E-state index in [0.717, 1.165) is 71.0 Å². The van der Waals surface area contributed by atoms with Crippen LogP contribution in [0.1, 0.15) is 53.4 Å². The Bertz CT molecular complexity index is 1590. The zero-order chi connectivity index (χ0) is 27.1. The maximum Gasteiger partial charge on any atom is 0.256 e. The largest absolute Gasteiger partial charge is 0.313 e. The van der Waals surface area contributed by atoms with Gasteiger partial charge in [0.2, 0.25) is 10.0 Å². The van der Waals surface area contributed by atoms with Crippen molar-refractivity contribution in [2.75, 3.05) is 25.5 Å². The highest BCUT2D eigenvalue weighted by Gasteiger charge is 2.33. The lowest BCUT2D eigenvalue weighted by Crippen LogP contribution is -2.43. The van der Waals surface area contributed by atoms with Crippen molar-refractivity contribution in [3.63, 3.8) is 0 Å². The molecule has 2 aliphatic heterocycles. The van der Waals surface area contributed by atoms with Gasteiger partial charge in [-0.3, -0.25) is 4.79 Å². The van der Waals surface area contributed by atoms with Gasteiger partial charge in [-0.15, -0.1) is 22.7 Å². The standard InChI is InChI=1S/C29H32N4O3S3/c1-3-20-8-6-7-16-33(20)39(35,36)21-13-11-19(12-14-21)27(34)31-29-26(22-15-17-32(2)18-25(22)38-29)28-30-23-9-4-5-10-24(23)37-28/h4-5,9-14,20H,3,6-8,15-18H2,1-2H3,(H,31,34). The number of hydrogen-bond acceptors (Lipinski definition) is 7. The number of para-hydroxylation sites is 1. The van der Waals surface area contributed by atoms with Gasteiger partial charge in [0.15, 0.2) is 0 Å². The minimum Gasteiger partial charge on any atom is -0.313 e. The van der Waals surface area contributed by atoms with Crippen LogP contribution >= 0.6 is 22.7 Å². The first kappa shape index (κ1) is 26.6. The van der Waals surface area contributed by atoms with Crippen molar-refractivity contribution in [2.45, 2.75) is 56.5 Å². The number of rotatable bonds is 6. The molecule has 2 aromatic carbocycles. The molecule has 1 saturated heterocycles. The third-order valence-electron chi connectivity index (χ3n) is 7.75. The zero-order valence-corrected chi connectivity index (χ0v) is 24.6. The monoisotopic (exact) mass is 580 g/mol. The number of fused-ring (bicyclic) bond motifs is 2. The minimum atomic E-state index is -3.60. The van der Waals surface area contributed by atoms with Crippen LogP contribution in [-0.4, -0.2) is 54.7 Å². The van der Waals surface area contributed by atoms with Crippen molar-refractivity contribution in [1.29, 1.82) is 0 Å². The van der Waals surface area contributed by atoms with Gasteiger partial charge in [0.25, 0.3) is 5.91 Å². The smallest absolute Gasteiger partial charge is 0.256 e. The molecular weight excluding hydrogens is 549 g/mol. The van der Waals surface area contributed by atoms with Crippen molar-refractivity contribution in [2.24, 2.45) is 0 Å². The van der Waals surface area contributed by atoms with Gasteiger partial charge in [-0.1, -0.05) is 25.5 Å². The molecule has 1 unspecified atom stereocenters. The molecule has 6 rings (SSSR count). The number of hydrogen-bond donors (Lipinski definition) is 1. The number of nitrogens with one attached hydrogen (secondary N) is 1. The highest BCUT2D eigenvalue weighted by molar-refractivity contribution is 7.89. The summed E-state index contributed by atoms with van der Waals surface area (Å²) in [5.74, 6) is -0.252. The van der Waals surface area contributed by atoms with Gasteiger partial charge >= 0.3 is 0 Å². The zero-order valence-electron chi connectivity index (χ0n) is 22.1. The van der Waals surface area contributed by atoms with Crippen molar-refractivity contribution < 1.29 is 13.2 Å². The number of amides is 1. The Hall–Kier alpha value is -2.63. The normalized spacial score (nSPS) is 18.8. The molecule has 1 N–H and O–H groups in total. The molecule has 4 heterocycles. The molecule has 10 heteroatoms. The van der Waals surface area contributed by atoms with E-state index in [9.17, 15) is 13.2 Å². The van der Waals surface area contributed by atoms with Gasteiger partial charge in [-0.05, 0) is 74.7 Å². The maximum absolute atomic E-state index is 13.4. The number of aromatic nitrogens is 1. The van der Waals surface area contributed by atoms with E-state index in [-0.39, 0.29) is 16.8 Å². The van der Waals surface area contributed by atoms with Crippen LogP contribution in [0, 0.1) is 0 Å². The molecule has 1 fully saturated rings. The molecule has 39 heavy (non-hydrogen) atoms. The SMILES string of the molecule is CCC1CCCCN1S(=O)(=O)c1ccc(C(=O)Nc2sc3c(c2-c2nc4ccccc4s2)CCN(C)C3)cc1. The molecular formula is C29H32N4O3S3. The minimum absolute atomic E-state index is 0.0385. The summed E-state index contributed by atoms with van der Waals surface area (Å²) in [5.41, 5.74) is 3.67. The Morgan fingerprint density at radius 2 is 1.87 bits per heavy atom. The lowest BCUT2D eigenvalue weighted by Gasteiger charge is -2.34. The molecule has 0 aliphatic carbocycles. The number of anilines is 1. The number of likely N-dealkylation sites (N-methyl/N-ethyl adjacent to an activating group) is 1. The van der Waals surface area contributed by atoms with Gasteiger partial charge in [0, 0.05) is 41.7 Å². The lowest BCUT2D eigenvalue weighted by atomic mass is 10.0. The second-order valence-corrected chi connectivity index (χ2v) is 14.4. The van der Waals surface area contributed by atoms with E-state index < -0.39 is 10.0 Å². The molecule has 2 aromatic heterocycles. The van der Waals surface area contributed by atoms with E-state index >= 15 is 0 Å². The van der Waals surface area contributed by atoms with Crippen LogP contribution in [0.25, 0.3) is 20.8 Å². The van der Waals surface area contributed by atoms with Crippen LogP contribution in [0.5, 0.6) is 0 Å². The van der Waals surface area contributed by atoms with E-state index in [1.54, 1.807) is 51.2 Å². The van der Waals surface area contributed by atoms with Crippen LogP contribution in [0.4, 0.5) is 5.00 Å². The number of carbonyl (C=O) groups excluding carboxylic acids is 1. The predicted molar refractivity (Wildman–Crippen MR) is 159 cm³/mol. The van der Waals surface area contributed by atoms with Crippen LogP contribution in [-0.2, 0) is 23.0 Å². The molecule has 0 spiro atoms. The summed E-state index contributed by atoms with van der Waals surface area (Å²) in [6.45, 7) is 4.39. The van der Waals surface area contributed by atoms with Gasteiger partial charge in [-0.25, -0.2) is 13.4 Å². The number of sulfonamides is 1. The van der Waals surface area contributed by atoms with Crippen LogP contribution in [0.3, 0.4) is 0 Å². The predicted octanol–water partition coefficient (Wildman–Crippen LogP) is 6.22. The number of nitrogens with zero attached hydrogens (tertiary/aromatic N) is 3. The molecule has 7 nitrogen and oxygen atoms in total.